The van der Waals surface area contributed by atoms with Gasteiger partial charge in [0.1, 0.15) is 6.04 Å². The first-order valence-corrected chi connectivity index (χ1v) is 5.76. The Morgan fingerprint density at radius 1 is 1.62 bits per heavy atom. The standard InChI is InChI=1S/C11H10N2O2S/c14-6-9(15)11-10(16-7-13-11)4-8-2-1-3-12-5-8/h1-6,11,13H,7H2. The molecule has 1 aromatic heterocycles. The Bertz CT molecular complexity index is 431. The third-order valence-corrected chi connectivity index (χ3v) is 3.20. The number of pyridine rings is 1. The summed E-state index contributed by atoms with van der Waals surface area (Å²) in [6.07, 6.45) is 5.65. The summed E-state index contributed by atoms with van der Waals surface area (Å²) < 4.78 is 0. The molecule has 2 rings (SSSR count). The first-order chi connectivity index (χ1) is 7.81. The van der Waals surface area contributed by atoms with E-state index < -0.39 is 11.8 Å². The molecule has 2 heterocycles. The summed E-state index contributed by atoms with van der Waals surface area (Å²) in [6, 6.07) is 3.25. The van der Waals surface area contributed by atoms with Gasteiger partial charge in [0.25, 0.3) is 0 Å². The van der Waals surface area contributed by atoms with Crippen LogP contribution in [-0.2, 0) is 9.59 Å². The van der Waals surface area contributed by atoms with Gasteiger partial charge in [-0.2, -0.15) is 0 Å². The second-order valence-corrected chi connectivity index (χ2v) is 4.33. The number of Topliss-reactive ketones (excluding diaryl/α,β-unsaturated/α-hetero) is 1. The molecule has 0 aromatic carbocycles. The zero-order chi connectivity index (χ0) is 11.4. The topological polar surface area (TPSA) is 59.1 Å². The highest BCUT2D eigenvalue weighted by Gasteiger charge is 2.27. The number of nitrogens with one attached hydrogen (secondary N) is 1. The highest BCUT2D eigenvalue weighted by Crippen LogP contribution is 2.27. The lowest BCUT2D eigenvalue weighted by molar-refractivity contribution is -0.130. The fourth-order valence-electron chi connectivity index (χ4n) is 1.45. The zero-order valence-electron chi connectivity index (χ0n) is 8.42. The van der Waals surface area contributed by atoms with E-state index >= 15 is 0 Å². The molecule has 1 aliphatic heterocycles. The molecule has 0 spiro atoms. The lowest BCUT2D eigenvalue weighted by atomic mass is 10.1. The van der Waals surface area contributed by atoms with Crippen molar-refractivity contribution >= 4 is 29.9 Å². The van der Waals surface area contributed by atoms with Crippen molar-refractivity contribution in [2.75, 3.05) is 5.88 Å². The molecular formula is C11H10N2O2S. The van der Waals surface area contributed by atoms with Crippen LogP contribution in [0, 0.1) is 0 Å². The Balaban J connectivity index is 2.23. The van der Waals surface area contributed by atoms with E-state index in [0.717, 1.165) is 10.5 Å². The maximum absolute atomic E-state index is 11.3. The average Bonchev–Trinajstić information content (AvgIpc) is 2.77. The fraction of sp³-hybridized carbons (Fsp3) is 0.182. The van der Waals surface area contributed by atoms with Crippen molar-refractivity contribution in [3.8, 4) is 0 Å². The molecule has 1 fully saturated rings. The third-order valence-electron chi connectivity index (χ3n) is 2.20. The number of carbonyl (C=O) groups excluding carboxylic acids is 2. The molecule has 1 N–H and O–H groups in total. The average molecular weight is 234 g/mol. The second-order valence-electron chi connectivity index (χ2n) is 3.28. The van der Waals surface area contributed by atoms with Gasteiger partial charge in [0.15, 0.2) is 6.29 Å². The van der Waals surface area contributed by atoms with Gasteiger partial charge in [0.05, 0.1) is 0 Å². The van der Waals surface area contributed by atoms with Crippen LogP contribution in [-0.4, -0.2) is 29.0 Å². The molecule has 0 aliphatic carbocycles. The van der Waals surface area contributed by atoms with Crippen LogP contribution in [0.15, 0.2) is 29.4 Å². The number of ketones is 1. The van der Waals surface area contributed by atoms with Gasteiger partial charge in [-0.1, -0.05) is 6.07 Å². The predicted molar refractivity (Wildman–Crippen MR) is 62.7 cm³/mol. The van der Waals surface area contributed by atoms with E-state index in [1.165, 1.54) is 11.8 Å². The summed E-state index contributed by atoms with van der Waals surface area (Å²) in [5.74, 6) is 0.219. The van der Waals surface area contributed by atoms with E-state index in [1.54, 1.807) is 12.4 Å². The van der Waals surface area contributed by atoms with E-state index in [2.05, 4.69) is 10.3 Å². The van der Waals surface area contributed by atoms with Crippen molar-refractivity contribution in [3.63, 3.8) is 0 Å². The highest BCUT2D eigenvalue weighted by atomic mass is 32.2. The van der Waals surface area contributed by atoms with Gasteiger partial charge in [-0.3, -0.25) is 19.9 Å². The highest BCUT2D eigenvalue weighted by molar-refractivity contribution is 8.03. The van der Waals surface area contributed by atoms with Crippen molar-refractivity contribution < 1.29 is 9.59 Å². The Morgan fingerprint density at radius 2 is 2.50 bits per heavy atom. The van der Waals surface area contributed by atoms with Gasteiger partial charge in [-0.05, 0) is 17.7 Å². The van der Waals surface area contributed by atoms with E-state index in [0.29, 0.717) is 12.2 Å². The predicted octanol–water partition coefficient (Wildman–Crippen LogP) is 0.853. The molecule has 0 saturated carbocycles. The minimum atomic E-state index is -0.484. The van der Waals surface area contributed by atoms with E-state index in [1.807, 2.05) is 18.2 Å². The van der Waals surface area contributed by atoms with Gasteiger partial charge in [-0.15, -0.1) is 11.8 Å². The largest absolute Gasteiger partial charge is 0.295 e. The molecule has 0 bridgehead atoms. The lowest BCUT2D eigenvalue weighted by Gasteiger charge is -2.05. The molecule has 1 atom stereocenters. The van der Waals surface area contributed by atoms with Crippen LogP contribution in [0.3, 0.4) is 0 Å². The molecule has 16 heavy (non-hydrogen) atoms. The summed E-state index contributed by atoms with van der Waals surface area (Å²) in [5, 5.41) is 2.97. The smallest absolute Gasteiger partial charge is 0.217 e. The number of rotatable bonds is 3. The number of nitrogens with zero attached hydrogens (tertiary/aromatic N) is 1. The van der Waals surface area contributed by atoms with Crippen LogP contribution in [0.4, 0.5) is 0 Å². The maximum atomic E-state index is 11.3. The third kappa shape index (κ3) is 2.37. The Kier molecular flexibility index (Phi) is 3.48. The number of aromatic nitrogens is 1. The van der Waals surface area contributed by atoms with Crippen molar-refractivity contribution in [1.82, 2.24) is 10.3 Å². The van der Waals surface area contributed by atoms with Gasteiger partial charge in [-0.25, -0.2) is 0 Å². The van der Waals surface area contributed by atoms with Crippen LogP contribution >= 0.6 is 11.8 Å². The number of hydrogen-bond acceptors (Lipinski definition) is 5. The van der Waals surface area contributed by atoms with Crippen LogP contribution in [0.1, 0.15) is 5.56 Å². The fourth-order valence-corrected chi connectivity index (χ4v) is 2.45. The monoisotopic (exact) mass is 234 g/mol. The Hall–Kier alpha value is -1.46. The Morgan fingerprint density at radius 3 is 3.19 bits per heavy atom. The minimum Gasteiger partial charge on any atom is -0.295 e. The molecule has 0 amide bonds. The first-order valence-electron chi connectivity index (χ1n) is 4.78. The number of carbonyl (C=O) groups is 2. The van der Waals surface area contributed by atoms with Crippen LogP contribution < -0.4 is 5.32 Å². The summed E-state index contributed by atoms with van der Waals surface area (Å²) in [7, 11) is 0. The van der Waals surface area contributed by atoms with Crippen LogP contribution in [0.25, 0.3) is 6.08 Å². The van der Waals surface area contributed by atoms with Crippen LogP contribution in [0.2, 0.25) is 0 Å². The van der Waals surface area contributed by atoms with Gasteiger partial charge in [0, 0.05) is 23.2 Å². The van der Waals surface area contributed by atoms with Crippen molar-refractivity contribution in [3.05, 3.63) is 35.0 Å². The SMILES string of the molecule is O=CC(=O)C1NCSC1=Cc1cccnc1. The molecule has 1 saturated heterocycles. The molecule has 5 heteroatoms. The molecular weight excluding hydrogens is 224 g/mol. The number of hydrogen-bond donors (Lipinski definition) is 1. The second kappa shape index (κ2) is 5.05. The van der Waals surface area contributed by atoms with Crippen molar-refractivity contribution in [2.24, 2.45) is 0 Å². The molecule has 1 aliphatic rings. The molecule has 1 aromatic rings. The molecule has 4 nitrogen and oxygen atoms in total. The number of aldehydes is 1. The normalized spacial score (nSPS) is 22.2. The van der Waals surface area contributed by atoms with E-state index in [4.69, 9.17) is 0 Å². The van der Waals surface area contributed by atoms with E-state index in [9.17, 15) is 9.59 Å². The lowest BCUT2D eigenvalue weighted by Crippen LogP contribution is -2.32. The molecule has 82 valence electrons. The summed E-state index contributed by atoms with van der Waals surface area (Å²) in [5.41, 5.74) is 0.928. The first kappa shape index (κ1) is 11.0. The Labute approximate surface area is 97.1 Å². The zero-order valence-corrected chi connectivity index (χ0v) is 9.24. The van der Waals surface area contributed by atoms with Gasteiger partial charge < -0.3 is 0 Å². The molecule has 0 radical (unpaired) electrons. The molecule has 1 unspecified atom stereocenters. The maximum Gasteiger partial charge on any atom is 0.217 e. The summed E-state index contributed by atoms with van der Waals surface area (Å²) in [4.78, 5) is 26.6. The summed E-state index contributed by atoms with van der Waals surface area (Å²) in [6.45, 7) is 0. The summed E-state index contributed by atoms with van der Waals surface area (Å²) >= 11 is 1.53. The van der Waals surface area contributed by atoms with Crippen LogP contribution in [0.5, 0.6) is 0 Å². The quantitative estimate of drug-likeness (QED) is 0.620. The number of thioether (sulfide) groups is 1. The van der Waals surface area contributed by atoms with E-state index in [-0.39, 0.29) is 0 Å². The van der Waals surface area contributed by atoms with Gasteiger partial charge in [0.2, 0.25) is 5.78 Å². The van der Waals surface area contributed by atoms with Crippen molar-refractivity contribution in [2.45, 2.75) is 6.04 Å². The minimum absolute atomic E-state index is 0.362. The van der Waals surface area contributed by atoms with Crippen molar-refractivity contribution in [1.29, 1.82) is 0 Å². The van der Waals surface area contributed by atoms with Gasteiger partial charge >= 0.3 is 0 Å².